The Morgan fingerprint density at radius 1 is 0.912 bits per heavy atom. The number of carbonyl (C=O) groups is 2. The molecule has 0 unspecified atom stereocenters. The Labute approximate surface area is 200 Å². The van der Waals surface area contributed by atoms with Crippen molar-refractivity contribution in [1.29, 1.82) is 0 Å². The number of benzene rings is 2. The topological polar surface area (TPSA) is 77.6 Å². The number of nitrogens with zero attached hydrogens (tertiary/aromatic N) is 3. The molecule has 2 heterocycles. The second-order valence-electron chi connectivity index (χ2n) is 8.63. The molecular formula is C27H31N5O2. The molecule has 4 rings (SSSR count). The Morgan fingerprint density at radius 3 is 2.32 bits per heavy atom. The maximum absolute atomic E-state index is 12.5. The number of aryl methyl sites for hydroxylation is 1. The molecule has 7 heteroatoms. The van der Waals surface area contributed by atoms with E-state index in [0.717, 1.165) is 43.9 Å². The number of aromatic nitrogens is 1. The highest BCUT2D eigenvalue weighted by Crippen LogP contribution is 2.22. The van der Waals surface area contributed by atoms with Crippen LogP contribution < -0.4 is 10.6 Å². The fourth-order valence-corrected chi connectivity index (χ4v) is 4.20. The minimum absolute atomic E-state index is 0.0521. The Morgan fingerprint density at radius 2 is 1.65 bits per heavy atom. The molecule has 3 aromatic rings. The van der Waals surface area contributed by atoms with Crippen LogP contribution in [0.15, 0.2) is 79.1 Å². The molecule has 1 saturated heterocycles. The molecular weight excluding hydrogens is 426 g/mol. The number of hydrogen-bond donors (Lipinski definition) is 2. The fourth-order valence-electron chi connectivity index (χ4n) is 4.20. The van der Waals surface area contributed by atoms with Gasteiger partial charge in [0.2, 0.25) is 0 Å². The van der Waals surface area contributed by atoms with Gasteiger partial charge in [0.1, 0.15) is 0 Å². The van der Waals surface area contributed by atoms with Crippen LogP contribution in [-0.4, -0.2) is 59.3 Å². The van der Waals surface area contributed by atoms with Gasteiger partial charge in [0.05, 0.1) is 6.04 Å². The number of piperazine rings is 1. The molecule has 34 heavy (non-hydrogen) atoms. The zero-order valence-corrected chi connectivity index (χ0v) is 19.5. The largest absolute Gasteiger partial charge is 0.346 e. The van der Waals surface area contributed by atoms with Gasteiger partial charge in [0, 0.05) is 57.3 Å². The first-order valence-electron chi connectivity index (χ1n) is 11.6. The summed E-state index contributed by atoms with van der Waals surface area (Å²) in [6.07, 6.45) is 3.57. The van der Waals surface area contributed by atoms with Crippen LogP contribution in [0.25, 0.3) is 0 Å². The third-order valence-electron chi connectivity index (χ3n) is 6.14. The van der Waals surface area contributed by atoms with Crippen molar-refractivity contribution in [2.24, 2.45) is 0 Å². The molecule has 176 valence electrons. The molecule has 1 aliphatic heterocycles. The van der Waals surface area contributed by atoms with E-state index >= 15 is 0 Å². The summed E-state index contributed by atoms with van der Waals surface area (Å²) in [6, 6.07) is 21.7. The van der Waals surface area contributed by atoms with Crippen molar-refractivity contribution in [2.45, 2.75) is 19.5 Å². The smallest absolute Gasteiger partial charge is 0.313 e. The predicted molar refractivity (Wildman–Crippen MR) is 133 cm³/mol. The minimum atomic E-state index is -0.665. The van der Waals surface area contributed by atoms with Crippen LogP contribution in [-0.2, 0) is 16.1 Å². The number of nitrogens with one attached hydrogen (secondary N) is 2. The fraction of sp³-hybridized carbons (Fsp3) is 0.296. The highest BCUT2D eigenvalue weighted by atomic mass is 16.2. The summed E-state index contributed by atoms with van der Waals surface area (Å²) >= 11 is 0. The first kappa shape index (κ1) is 23.6. The minimum Gasteiger partial charge on any atom is -0.346 e. The Bertz CT molecular complexity index is 1070. The average Bonchev–Trinajstić information content (AvgIpc) is 2.87. The summed E-state index contributed by atoms with van der Waals surface area (Å²) in [4.78, 5) is 34.0. The molecule has 7 nitrogen and oxygen atoms in total. The number of carbonyl (C=O) groups excluding carboxylic acids is 2. The van der Waals surface area contributed by atoms with Crippen molar-refractivity contribution >= 4 is 17.5 Å². The van der Waals surface area contributed by atoms with Gasteiger partial charge in [-0.1, -0.05) is 54.1 Å². The van der Waals surface area contributed by atoms with Crippen LogP contribution in [0.5, 0.6) is 0 Å². The summed E-state index contributed by atoms with van der Waals surface area (Å²) < 4.78 is 0. The normalized spacial score (nSPS) is 15.4. The molecule has 2 amide bonds. The molecule has 0 bridgehead atoms. The Hall–Kier alpha value is -3.55. The first-order chi connectivity index (χ1) is 16.6. The van der Waals surface area contributed by atoms with E-state index in [1.807, 2.05) is 43.5 Å². The predicted octanol–water partition coefficient (Wildman–Crippen LogP) is 3.00. The van der Waals surface area contributed by atoms with Crippen LogP contribution in [0.3, 0.4) is 0 Å². The summed E-state index contributed by atoms with van der Waals surface area (Å²) in [5.74, 6) is -1.31. The zero-order chi connectivity index (χ0) is 23.8. The molecule has 2 N–H and O–H groups in total. The molecule has 1 fully saturated rings. The molecule has 0 aliphatic carbocycles. The van der Waals surface area contributed by atoms with Crippen molar-refractivity contribution in [3.8, 4) is 0 Å². The molecule has 1 aliphatic rings. The molecule has 0 saturated carbocycles. The highest BCUT2D eigenvalue weighted by molar-refractivity contribution is 6.39. The maximum atomic E-state index is 12.5. The van der Waals surface area contributed by atoms with Crippen LogP contribution in [0.1, 0.15) is 22.7 Å². The van der Waals surface area contributed by atoms with E-state index in [2.05, 4.69) is 49.7 Å². The molecule has 0 spiro atoms. The lowest BCUT2D eigenvalue weighted by molar-refractivity contribution is -0.136. The van der Waals surface area contributed by atoms with Crippen molar-refractivity contribution in [1.82, 2.24) is 20.1 Å². The van der Waals surface area contributed by atoms with Gasteiger partial charge >= 0.3 is 11.8 Å². The zero-order valence-electron chi connectivity index (χ0n) is 19.5. The van der Waals surface area contributed by atoms with Gasteiger partial charge in [-0.05, 0) is 36.2 Å². The number of pyridine rings is 1. The summed E-state index contributed by atoms with van der Waals surface area (Å²) in [5.41, 5.74) is 4.03. The van der Waals surface area contributed by atoms with Gasteiger partial charge in [-0.2, -0.15) is 0 Å². The molecule has 0 radical (unpaired) electrons. The third kappa shape index (κ3) is 6.50. The Balaban J connectivity index is 1.34. The number of rotatable bonds is 7. The lowest BCUT2D eigenvalue weighted by Gasteiger charge is -2.39. The standard InChI is InChI=1S/C27H31N5O2/c1-21-9-11-24(12-10-21)30-27(34)26(33)29-19-25(23-8-5-13-28-18-23)32-16-14-31(15-17-32)20-22-6-3-2-4-7-22/h2-13,18,25H,14-17,19-20H2,1H3,(H,29,33)(H,30,34)/t25-/m0/s1. The second-order valence-corrected chi connectivity index (χ2v) is 8.63. The van der Waals surface area contributed by atoms with Crippen LogP contribution in [0, 0.1) is 6.92 Å². The SMILES string of the molecule is Cc1ccc(NC(=O)C(=O)NC[C@@H](c2cccnc2)N2CCN(Cc3ccccc3)CC2)cc1. The summed E-state index contributed by atoms with van der Waals surface area (Å²) in [5, 5.41) is 5.48. The van der Waals surface area contributed by atoms with Crippen LogP contribution in [0.2, 0.25) is 0 Å². The van der Waals surface area contributed by atoms with E-state index in [1.165, 1.54) is 5.56 Å². The van der Waals surface area contributed by atoms with E-state index in [9.17, 15) is 9.59 Å². The lowest BCUT2D eigenvalue weighted by Crippen LogP contribution is -2.50. The molecule has 1 aromatic heterocycles. The number of amides is 2. The monoisotopic (exact) mass is 457 g/mol. The lowest BCUT2D eigenvalue weighted by atomic mass is 10.1. The van der Waals surface area contributed by atoms with Crippen LogP contribution in [0.4, 0.5) is 5.69 Å². The number of hydrogen-bond acceptors (Lipinski definition) is 5. The maximum Gasteiger partial charge on any atom is 0.313 e. The van der Waals surface area contributed by atoms with Crippen molar-refractivity contribution < 1.29 is 9.59 Å². The number of anilines is 1. The molecule has 1 atom stereocenters. The van der Waals surface area contributed by atoms with E-state index in [4.69, 9.17) is 0 Å². The van der Waals surface area contributed by atoms with Crippen molar-refractivity contribution in [3.05, 3.63) is 95.8 Å². The van der Waals surface area contributed by atoms with Gasteiger partial charge in [-0.3, -0.25) is 24.4 Å². The van der Waals surface area contributed by atoms with Gasteiger partial charge in [-0.25, -0.2) is 0 Å². The Kier molecular flexibility index (Phi) is 8.01. The van der Waals surface area contributed by atoms with E-state index < -0.39 is 11.8 Å². The second kappa shape index (κ2) is 11.5. The van der Waals surface area contributed by atoms with Crippen molar-refractivity contribution in [2.75, 3.05) is 38.0 Å². The van der Waals surface area contributed by atoms with Gasteiger partial charge < -0.3 is 10.6 Å². The highest BCUT2D eigenvalue weighted by Gasteiger charge is 2.26. The summed E-state index contributed by atoms with van der Waals surface area (Å²) in [7, 11) is 0. The van der Waals surface area contributed by atoms with Gasteiger partial charge in [0.15, 0.2) is 0 Å². The summed E-state index contributed by atoms with van der Waals surface area (Å²) in [6.45, 7) is 6.86. The van der Waals surface area contributed by atoms with Gasteiger partial charge in [-0.15, -0.1) is 0 Å². The average molecular weight is 458 g/mol. The molecule has 2 aromatic carbocycles. The van der Waals surface area contributed by atoms with E-state index in [0.29, 0.717) is 12.2 Å². The van der Waals surface area contributed by atoms with Gasteiger partial charge in [0.25, 0.3) is 0 Å². The third-order valence-corrected chi connectivity index (χ3v) is 6.14. The quantitative estimate of drug-likeness (QED) is 0.534. The van der Waals surface area contributed by atoms with E-state index in [-0.39, 0.29) is 6.04 Å². The first-order valence-corrected chi connectivity index (χ1v) is 11.6. The van der Waals surface area contributed by atoms with Crippen LogP contribution >= 0.6 is 0 Å². The van der Waals surface area contributed by atoms with Crippen molar-refractivity contribution in [3.63, 3.8) is 0 Å². The van der Waals surface area contributed by atoms with E-state index in [1.54, 1.807) is 18.3 Å².